The van der Waals surface area contributed by atoms with Gasteiger partial charge >= 0.3 is 51.7 Å². The molecule has 0 aliphatic carbocycles. The van der Waals surface area contributed by atoms with Crippen molar-refractivity contribution in [2.24, 2.45) is 0 Å². The Hall–Kier alpha value is -6.70. The summed E-state index contributed by atoms with van der Waals surface area (Å²) in [4.78, 5) is 200. The molecule has 6 saturated heterocycles. The Balaban J connectivity index is 0.643. The molecule has 54 nitrogen and oxygen atoms in total. The van der Waals surface area contributed by atoms with Crippen LogP contribution in [0.4, 0.5) is 23.5 Å². The SMILES string of the molecule is CC[C@H]1O[C@@H](n2cc(C)c(=O)[nH]c2=O)CC1OP(O)(=S)O[C@H]1O[C@@H](n2cnc3c(=O)[nH]c(N)nc32)CC1OP(O)(=S)OC[C@H]1O[C@@H](n2cnc3c(=O)[nH]c(N)nc32)CC1OP(O)(=S)O[C@H]1O[C@@H](n2cnc3c(N)ncnc32)CC1OP(O)(=S)OC[C@H]1O[C@@H](n2cnc3c(N)ncnc32)CC1OP(O)(=S)OC[C@H]1O[C@@H](n2cc(C)c(=O)[nH]c2=O)CC1OP(O)(=S)OC. The van der Waals surface area contributed by atoms with Gasteiger partial charge in [0.25, 0.3) is 22.2 Å². The lowest BCUT2D eigenvalue weighted by Gasteiger charge is -2.30. The van der Waals surface area contributed by atoms with Crippen molar-refractivity contribution in [2.45, 2.75) is 177 Å². The fourth-order valence-electron chi connectivity index (χ4n) is 14.7. The summed E-state index contributed by atoms with van der Waals surface area (Å²) in [6, 6.07) is 0. The van der Waals surface area contributed by atoms with Crippen molar-refractivity contribution >= 4 is 179 Å². The molecule has 6 aliphatic rings. The lowest BCUT2D eigenvalue weighted by Crippen LogP contribution is -2.33. The van der Waals surface area contributed by atoms with Gasteiger partial charge in [-0.3, -0.25) is 84.6 Å². The van der Waals surface area contributed by atoms with Gasteiger partial charge in [-0.2, -0.15) is 9.97 Å². The molecule has 0 bridgehead atoms. The van der Waals surface area contributed by atoms with Crippen LogP contribution in [0.5, 0.6) is 0 Å². The summed E-state index contributed by atoms with van der Waals surface area (Å²) in [5.74, 6) is -0.631. The predicted octanol–water partition coefficient (Wildman–Crippen LogP) is 0.370. The summed E-state index contributed by atoms with van der Waals surface area (Å²) in [6.07, 6.45) is -15.2. The molecule has 66 heteroatoms. The van der Waals surface area contributed by atoms with E-state index in [1.807, 2.05) is 0 Å². The molecule has 0 radical (unpaired) electrons. The van der Waals surface area contributed by atoms with Crippen molar-refractivity contribution < 1.29 is 112 Å². The first-order chi connectivity index (χ1) is 59.5. The summed E-state index contributed by atoms with van der Waals surface area (Å²) in [5, 5.41) is 0. The van der Waals surface area contributed by atoms with Crippen molar-refractivity contribution in [3.05, 3.63) is 124 Å². The fourth-order valence-corrected chi connectivity index (χ4v) is 23.4. The maximum Gasteiger partial charge on any atom is 0.330 e. The van der Waals surface area contributed by atoms with Gasteiger partial charge in [0, 0.05) is 69.2 Å². The van der Waals surface area contributed by atoms with E-state index in [-0.39, 0.29) is 124 Å². The number of ether oxygens (including phenoxy) is 6. The number of H-pyrrole nitrogens is 4. The zero-order chi connectivity index (χ0) is 89.8. The van der Waals surface area contributed by atoms with Gasteiger partial charge in [-0.1, -0.05) is 6.92 Å². The topological polar surface area (TPSA) is 716 Å². The molecule has 16 heterocycles. The van der Waals surface area contributed by atoms with Crippen LogP contribution in [0.2, 0.25) is 0 Å². The number of nitrogens with one attached hydrogen (secondary N) is 4. The Kier molecular flexibility index (Phi) is 26.8. The minimum absolute atomic E-state index is 0.0160. The number of imidazole rings is 4. The number of nitrogens with two attached hydrogens (primary N) is 4. The number of aromatic amines is 4. The zero-order valence-corrected chi connectivity index (χ0v) is 75.4. The number of nitrogens with zero attached hydrogens (tertiary/aromatic N) is 16. The highest BCUT2D eigenvalue weighted by atomic mass is 32.5. The highest BCUT2D eigenvalue weighted by Gasteiger charge is 2.52. The predicted molar refractivity (Wildman–Crippen MR) is 453 cm³/mol. The molecule has 24 atom stereocenters. The van der Waals surface area contributed by atoms with Crippen LogP contribution < -0.4 is 56.6 Å². The highest BCUT2D eigenvalue weighted by molar-refractivity contribution is 8.08. The quantitative estimate of drug-likeness (QED) is 0.0247. The van der Waals surface area contributed by atoms with Gasteiger partial charge in [-0.15, -0.1) is 0 Å². The molecular weight excluding hydrogens is 1920 g/mol. The van der Waals surface area contributed by atoms with E-state index in [0.717, 1.165) is 22.6 Å². The van der Waals surface area contributed by atoms with E-state index in [1.54, 1.807) is 6.92 Å². The van der Waals surface area contributed by atoms with Crippen molar-refractivity contribution in [1.29, 1.82) is 0 Å². The number of fused-ring (bicyclic) bond motifs is 4. The van der Waals surface area contributed by atoms with Crippen molar-refractivity contribution in [1.82, 2.24) is 97.2 Å². The lowest BCUT2D eigenvalue weighted by molar-refractivity contribution is -0.132. The minimum atomic E-state index is -4.90. The van der Waals surface area contributed by atoms with E-state index in [2.05, 4.69) is 69.8 Å². The first kappa shape index (κ1) is 92.6. The van der Waals surface area contributed by atoms with Crippen LogP contribution in [0, 0.1) is 13.8 Å². The van der Waals surface area contributed by atoms with E-state index in [1.165, 1.54) is 76.1 Å². The molecule has 0 saturated carbocycles. The second-order valence-corrected chi connectivity index (χ2v) is 45.6. The Morgan fingerprint density at radius 3 is 1.07 bits per heavy atom. The highest BCUT2D eigenvalue weighted by Crippen LogP contribution is 2.60. The molecule has 12 unspecified atom stereocenters. The molecule has 0 spiro atoms. The molecule has 6 fully saturated rings. The number of hydrogen-bond donors (Lipinski definition) is 14. The number of anilines is 4. The van der Waals surface area contributed by atoms with Gasteiger partial charge in [0.2, 0.25) is 11.9 Å². The molecule has 18 N–H and O–H groups in total. The summed E-state index contributed by atoms with van der Waals surface area (Å²) in [7, 11) is 1.11. The molecule has 10 aromatic heterocycles. The summed E-state index contributed by atoms with van der Waals surface area (Å²) in [6.45, 7) is -24.9. The van der Waals surface area contributed by atoms with Crippen LogP contribution in [-0.2, 0) is 154 Å². The van der Waals surface area contributed by atoms with Gasteiger partial charge in [0.05, 0.1) is 75.6 Å². The molecule has 16 rings (SSSR count). The zero-order valence-electron chi connectivity index (χ0n) is 65.2. The normalized spacial score (nSPS) is 29.4. The maximum absolute atomic E-state index is 13.2. The Labute approximate surface area is 734 Å². The first-order valence-corrected chi connectivity index (χ1v) is 52.9. The van der Waals surface area contributed by atoms with E-state index in [0.29, 0.717) is 0 Å². The first-order valence-electron chi connectivity index (χ1n) is 37.4. The molecule has 126 heavy (non-hydrogen) atoms. The van der Waals surface area contributed by atoms with E-state index in [9.17, 15) is 58.1 Å². The molecule has 0 amide bonds. The Morgan fingerprint density at radius 1 is 0.389 bits per heavy atom. The van der Waals surface area contributed by atoms with Crippen LogP contribution >= 0.6 is 40.3 Å². The van der Waals surface area contributed by atoms with E-state index in [4.69, 9.17) is 176 Å². The van der Waals surface area contributed by atoms with E-state index < -0.39 is 205 Å². The molecular formula is C60H76N24O30P6S6. The van der Waals surface area contributed by atoms with Gasteiger partial charge in [-0.05, 0) is 91.1 Å². The second-order valence-electron chi connectivity index (χ2n) is 28.9. The maximum atomic E-state index is 13.2. The number of rotatable bonds is 33. The number of aromatic nitrogens is 20. The fraction of sp³-hybridized carbons (Fsp3) is 0.533. The summed E-state index contributed by atoms with van der Waals surface area (Å²) >= 11 is 33.5. The average Bonchev–Trinajstić information content (AvgIpc) is 1.62. The lowest BCUT2D eigenvalue weighted by atomic mass is 10.1. The standard InChI is InChI=1S/C60H76N24O30P6S6/c1-5-25-26(6-35(101-25)79-12-23(2)51(85)77-59(79)89)109-119(95,125)113-56-31(11-40(106-56)84-22-72-44-50(84)74-58(64)76-54(44)88)112-118(94,124)100-16-34-29(9-38(104-34)83-21-71-43-49(83)73-57(63)75-53(43)87)110-120(96,126)114-55-30(10-39(105-55)82-20-70-42-46(62)66-18-68-48(42)82)111-117(93,123)99-15-33-28(8-37(103-33)81-19-69-41-45(61)65-17-67-47(41)81)108-116(92,122)98-14-32-27(107-115(91,121)97-4)7-36(102-32)80-13-24(3)52(86)78-60(80)90/h12-13,17-22,25-40,55-56H,5-11,14-16H2,1-4H3,(H,91,121)(H,92,122)(H,93,123)(H,94,124)(H,95,125)(H,96,126)(H2,61,65,67)(H2,62,66,68)(H,77,85,89)(H,78,86,90)(H3,63,73,75,87)(H3,64,74,76,88)/t25-,26?,27?,28?,29?,30?,31?,32-,33-,34-,35-,36-,37-,38-,39-,40-,55-,56-,115?,116?,117?,118?,119?,120?/m1/s1. The van der Waals surface area contributed by atoms with Crippen LogP contribution in [0.3, 0.4) is 0 Å². The Bertz CT molecular complexity index is 6560. The number of aryl methyl sites for hydroxylation is 2. The third kappa shape index (κ3) is 20.2. The van der Waals surface area contributed by atoms with Crippen molar-refractivity contribution in [3.8, 4) is 0 Å². The third-order valence-corrected chi connectivity index (χ3v) is 30.1. The Morgan fingerprint density at radius 2 is 0.698 bits per heavy atom. The summed E-state index contributed by atoms with van der Waals surface area (Å²) in [5.41, 5.74) is 20.4. The largest absolute Gasteiger partial charge is 0.382 e. The van der Waals surface area contributed by atoms with Gasteiger partial charge in [0.15, 0.2) is 57.8 Å². The molecule has 6 aliphatic heterocycles. The third-order valence-electron chi connectivity index (χ3n) is 20.5. The van der Waals surface area contributed by atoms with Gasteiger partial charge < -0.3 is 117 Å². The molecule has 0 aromatic carbocycles. The van der Waals surface area contributed by atoms with Gasteiger partial charge in [0.1, 0.15) is 91.6 Å². The van der Waals surface area contributed by atoms with E-state index >= 15 is 0 Å². The molecule has 10 aromatic rings. The number of hydrogen-bond acceptors (Lipinski definition) is 44. The monoisotopic (exact) mass is 1990 g/mol. The molecule has 682 valence electrons. The van der Waals surface area contributed by atoms with Crippen LogP contribution in [0.1, 0.15) is 100 Å². The van der Waals surface area contributed by atoms with Crippen molar-refractivity contribution in [3.63, 3.8) is 0 Å². The smallest absolute Gasteiger partial charge is 0.330 e. The number of nitrogen functional groups attached to an aromatic ring is 4. The van der Waals surface area contributed by atoms with Crippen molar-refractivity contribution in [2.75, 3.05) is 49.9 Å². The van der Waals surface area contributed by atoms with Crippen LogP contribution in [0.15, 0.2) is 79.1 Å². The minimum Gasteiger partial charge on any atom is -0.382 e. The van der Waals surface area contributed by atoms with Crippen LogP contribution in [-0.4, -0.2) is 227 Å². The van der Waals surface area contributed by atoms with Gasteiger partial charge in [-0.25, -0.2) is 49.5 Å². The average molecular weight is 1990 g/mol. The summed E-state index contributed by atoms with van der Waals surface area (Å²) < 4.78 is 118. The second kappa shape index (κ2) is 36.5. The van der Waals surface area contributed by atoms with Crippen LogP contribution in [0.25, 0.3) is 44.7 Å².